The number of aliphatic hydroxyl groups excluding tert-OH is 1. The van der Waals surface area contributed by atoms with Gasteiger partial charge in [0.1, 0.15) is 0 Å². The van der Waals surface area contributed by atoms with E-state index in [1.165, 1.54) is 0 Å². The average molecular weight is 299 g/mol. The molecule has 1 unspecified atom stereocenters. The minimum atomic E-state index is -3.52. The van der Waals surface area contributed by atoms with Crippen LogP contribution in [0.2, 0.25) is 0 Å². The van der Waals surface area contributed by atoms with Gasteiger partial charge in [-0.05, 0) is 42.9 Å². The molecular weight excluding hydrogens is 274 g/mol. The first-order valence-corrected chi connectivity index (χ1v) is 8.27. The van der Waals surface area contributed by atoms with Crippen LogP contribution in [0.15, 0.2) is 23.1 Å². The summed E-state index contributed by atoms with van der Waals surface area (Å²) < 4.78 is 27.0. The Kier molecular flexibility index (Phi) is 5.35. The molecule has 4 nitrogen and oxygen atoms in total. The molecule has 1 aromatic carbocycles. The van der Waals surface area contributed by atoms with E-state index < -0.39 is 16.1 Å². The van der Waals surface area contributed by atoms with Gasteiger partial charge < -0.3 is 5.11 Å². The summed E-state index contributed by atoms with van der Waals surface area (Å²) in [7, 11) is -3.52. The second-order valence-corrected chi connectivity index (χ2v) is 8.07. The SMILES string of the molecule is Cc1ccc(C)c(S(=O)(=O)NCCC(O)C(C)(C)C)c1. The van der Waals surface area contributed by atoms with Gasteiger partial charge in [0.15, 0.2) is 0 Å². The lowest BCUT2D eigenvalue weighted by Gasteiger charge is -2.25. The minimum absolute atomic E-state index is 0.230. The molecule has 1 aromatic rings. The van der Waals surface area contributed by atoms with Crippen molar-refractivity contribution in [2.75, 3.05) is 6.54 Å². The van der Waals surface area contributed by atoms with Crippen molar-refractivity contribution >= 4 is 10.0 Å². The summed E-state index contributed by atoms with van der Waals surface area (Å²) in [5.41, 5.74) is 1.38. The molecule has 0 radical (unpaired) electrons. The van der Waals surface area contributed by atoms with Crippen molar-refractivity contribution in [2.24, 2.45) is 5.41 Å². The number of rotatable bonds is 5. The van der Waals surface area contributed by atoms with Crippen molar-refractivity contribution in [2.45, 2.75) is 52.0 Å². The Labute approximate surface area is 122 Å². The summed E-state index contributed by atoms with van der Waals surface area (Å²) in [5.74, 6) is 0. The molecule has 5 heteroatoms. The maximum Gasteiger partial charge on any atom is 0.240 e. The first-order chi connectivity index (χ1) is 9.04. The van der Waals surface area contributed by atoms with Crippen molar-refractivity contribution in [3.8, 4) is 0 Å². The summed E-state index contributed by atoms with van der Waals surface area (Å²) in [4.78, 5) is 0.308. The molecular formula is C15H25NO3S. The normalized spacial score (nSPS) is 14.3. The Bertz CT molecular complexity index is 559. The van der Waals surface area contributed by atoms with Crippen LogP contribution in [-0.2, 0) is 10.0 Å². The van der Waals surface area contributed by atoms with Gasteiger partial charge in [0.25, 0.3) is 0 Å². The molecule has 20 heavy (non-hydrogen) atoms. The molecule has 0 spiro atoms. The van der Waals surface area contributed by atoms with E-state index in [4.69, 9.17) is 0 Å². The number of hydrogen-bond acceptors (Lipinski definition) is 3. The summed E-state index contributed by atoms with van der Waals surface area (Å²) in [6.07, 6.45) is -0.142. The van der Waals surface area contributed by atoms with Crippen molar-refractivity contribution in [3.63, 3.8) is 0 Å². The zero-order valence-electron chi connectivity index (χ0n) is 12.9. The third-order valence-corrected chi connectivity index (χ3v) is 4.95. The number of benzene rings is 1. The van der Waals surface area contributed by atoms with Gasteiger partial charge in [-0.3, -0.25) is 0 Å². The van der Waals surface area contributed by atoms with E-state index in [0.29, 0.717) is 11.3 Å². The number of aryl methyl sites for hydroxylation is 2. The third-order valence-electron chi connectivity index (χ3n) is 3.34. The molecule has 114 valence electrons. The molecule has 0 aliphatic rings. The number of nitrogens with one attached hydrogen (secondary N) is 1. The molecule has 1 atom stereocenters. The van der Waals surface area contributed by atoms with Crippen LogP contribution in [0, 0.1) is 19.3 Å². The second-order valence-electron chi connectivity index (χ2n) is 6.34. The zero-order valence-corrected chi connectivity index (χ0v) is 13.7. The minimum Gasteiger partial charge on any atom is -0.393 e. The lowest BCUT2D eigenvalue weighted by Crippen LogP contribution is -2.32. The van der Waals surface area contributed by atoms with E-state index in [1.54, 1.807) is 19.1 Å². The highest BCUT2D eigenvalue weighted by atomic mass is 32.2. The summed E-state index contributed by atoms with van der Waals surface area (Å²) in [6.45, 7) is 9.65. The van der Waals surface area contributed by atoms with Crippen LogP contribution in [0.5, 0.6) is 0 Å². The number of sulfonamides is 1. The van der Waals surface area contributed by atoms with E-state index >= 15 is 0 Å². The van der Waals surface area contributed by atoms with Crippen LogP contribution in [0.3, 0.4) is 0 Å². The van der Waals surface area contributed by atoms with Crippen LogP contribution in [0.25, 0.3) is 0 Å². The van der Waals surface area contributed by atoms with Crippen LogP contribution in [0.4, 0.5) is 0 Å². The van der Waals surface area contributed by atoms with Gasteiger partial charge >= 0.3 is 0 Å². The van der Waals surface area contributed by atoms with E-state index in [1.807, 2.05) is 33.8 Å². The Morgan fingerprint density at radius 1 is 1.25 bits per heavy atom. The van der Waals surface area contributed by atoms with Gasteiger partial charge in [0.05, 0.1) is 11.0 Å². The maximum absolute atomic E-state index is 12.2. The molecule has 2 N–H and O–H groups in total. The predicted octanol–water partition coefficient (Wildman–Crippen LogP) is 2.38. The second kappa shape index (κ2) is 6.24. The molecule has 0 aliphatic heterocycles. The fourth-order valence-electron chi connectivity index (χ4n) is 1.84. The van der Waals surface area contributed by atoms with Crippen LogP contribution < -0.4 is 4.72 Å². The molecule has 0 amide bonds. The topological polar surface area (TPSA) is 66.4 Å². The largest absolute Gasteiger partial charge is 0.393 e. The average Bonchev–Trinajstić information content (AvgIpc) is 2.30. The number of hydrogen-bond donors (Lipinski definition) is 2. The zero-order chi connectivity index (χ0) is 15.6. The van der Waals surface area contributed by atoms with Crippen LogP contribution in [0.1, 0.15) is 38.3 Å². The first-order valence-electron chi connectivity index (χ1n) is 6.79. The molecule has 0 saturated carbocycles. The highest BCUT2D eigenvalue weighted by Gasteiger charge is 2.23. The van der Waals surface area contributed by atoms with Gasteiger partial charge in [-0.1, -0.05) is 32.9 Å². The highest BCUT2D eigenvalue weighted by Crippen LogP contribution is 2.21. The lowest BCUT2D eigenvalue weighted by molar-refractivity contribution is 0.0571. The molecule has 0 fully saturated rings. The Morgan fingerprint density at radius 2 is 1.85 bits per heavy atom. The summed E-state index contributed by atoms with van der Waals surface area (Å²) in [6, 6.07) is 5.35. The molecule has 0 heterocycles. The third kappa shape index (κ3) is 4.58. The highest BCUT2D eigenvalue weighted by molar-refractivity contribution is 7.89. The van der Waals surface area contributed by atoms with Gasteiger partial charge in [-0.2, -0.15) is 0 Å². The van der Waals surface area contributed by atoms with Crippen LogP contribution >= 0.6 is 0 Å². The molecule has 0 saturated heterocycles. The van der Waals surface area contributed by atoms with E-state index in [-0.39, 0.29) is 12.0 Å². The summed E-state index contributed by atoms with van der Waals surface area (Å²) in [5, 5.41) is 9.92. The van der Waals surface area contributed by atoms with Crippen molar-refractivity contribution < 1.29 is 13.5 Å². The van der Waals surface area contributed by atoms with Crippen LogP contribution in [-0.4, -0.2) is 26.2 Å². The van der Waals surface area contributed by atoms with E-state index in [0.717, 1.165) is 11.1 Å². The van der Waals surface area contributed by atoms with Crippen molar-refractivity contribution in [1.82, 2.24) is 4.72 Å². The quantitative estimate of drug-likeness (QED) is 0.877. The first kappa shape index (κ1) is 17.1. The molecule has 0 aliphatic carbocycles. The Hall–Kier alpha value is -0.910. The van der Waals surface area contributed by atoms with Gasteiger partial charge in [0.2, 0.25) is 10.0 Å². The van der Waals surface area contributed by atoms with E-state index in [2.05, 4.69) is 4.72 Å². The maximum atomic E-state index is 12.2. The van der Waals surface area contributed by atoms with Gasteiger partial charge in [-0.25, -0.2) is 13.1 Å². The van der Waals surface area contributed by atoms with Gasteiger partial charge in [-0.15, -0.1) is 0 Å². The Morgan fingerprint density at radius 3 is 2.40 bits per heavy atom. The van der Waals surface area contributed by atoms with E-state index in [9.17, 15) is 13.5 Å². The summed E-state index contributed by atoms with van der Waals surface area (Å²) >= 11 is 0. The smallest absolute Gasteiger partial charge is 0.240 e. The molecule has 1 rings (SSSR count). The fourth-order valence-corrected chi connectivity index (χ4v) is 3.21. The fraction of sp³-hybridized carbons (Fsp3) is 0.600. The molecule has 0 bridgehead atoms. The monoisotopic (exact) mass is 299 g/mol. The Balaban J connectivity index is 2.74. The predicted molar refractivity (Wildman–Crippen MR) is 81.2 cm³/mol. The number of aliphatic hydroxyl groups is 1. The lowest BCUT2D eigenvalue weighted by atomic mass is 9.87. The van der Waals surface area contributed by atoms with Crippen molar-refractivity contribution in [3.05, 3.63) is 29.3 Å². The van der Waals surface area contributed by atoms with Crippen molar-refractivity contribution in [1.29, 1.82) is 0 Å². The molecule has 0 aromatic heterocycles. The van der Waals surface area contributed by atoms with Gasteiger partial charge in [0, 0.05) is 6.54 Å². The standard InChI is InChI=1S/C15H25NO3S/c1-11-6-7-12(2)13(10-11)20(18,19)16-9-8-14(17)15(3,4)5/h6-7,10,14,16-17H,8-9H2,1-5H3.